The van der Waals surface area contributed by atoms with E-state index in [1.165, 1.54) is 18.4 Å². The van der Waals surface area contributed by atoms with Gasteiger partial charge in [-0.3, -0.25) is 4.79 Å². The summed E-state index contributed by atoms with van der Waals surface area (Å²) in [7, 11) is 0. The third kappa shape index (κ3) is 2.59. The average molecular weight is 272 g/mol. The largest absolute Gasteiger partial charge is 0.353 e. The van der Waals surface area contributed by atoms with Crippen molar-refractivity contribution >= 4 is 5.91 Å². The predicted molar refractivity (Wildman–Crippen MR) is 80.6 cm³/mol. The molecular weight excluding hydrogens is 248 g/mol. The molecule has 1 saturated heterocycles. The highest BCUT2D eigenvalue weighted by Crippen LogP contribution is 2.34. The smallest absolute Gasteiger partial charge is 0.230 e. The van der Waals surface area contributed by atoms with Crippen LogP contribution in [0.1, 0.15) is 44.1 Å². The van der Waals surface area contributed by atoms with E-state index in [-0.39, 0.29) is 11.3 Å². The van der Waals surface area contributed by atoms with Crippen molar-refractivity contribution in [2.45, 2.75) is 50.0 Å². The lowest BCUT2D eigenvalue weighted by Crippen LogP contribution is -2.52. The van der Waals surface area contributed by atoms with E-state index in [0.717, 1.165) is 38.8 Å². The Morgan fingerprint density at radius 1 is 1.10 bits per heavy atom. The third-order valence-corrected chi connectivity index (χ3v) is 4.91. The summed E-state index contributed by atoms with van der Waals surface area (Å²) in [6.45, 7) is 1.85. The maximum absolute atomic E-state index is 12.9. The quantitative estimate of drug-likeness (QED) is 0.887. The van der Waals surface area contributed by atoms with Crippen molar-refractivity contribution in [1.29, 1.82) is 0 Å². The minimum absolute atomic E-state index is 0.247. The van der Waals surface area contributed by atoms with Gasteiger partial charge in [0.05, 0.1) is 5.41 Å². The first-order valence-electron chi connectivity index (χ1n) is 7.88. The van der Waals surface area contributed by atoms with Gasteiger partial charge in [0.15, 0.2) is 0 Å². The number of hydrogen-bond acceptors (Lipinski definition) is 2. The van der Waals surface area contributed by atoms with Gasteiger partial charge in [0, 0.05) is 6.04 Å². The first-order chi connectivity index (χ1) is 9.81. The Bertz CT molecular complexity index is 445. The van der Waals surface area contributed by atoms with E-state index in [1.807, 2.05) is 18.2 Å². The van der Waals surface area contributed by atoms with E-state index in [2.05, 4.69) is 22.8 Å². The molecule has 2 fully saturated rings. The number of carbonyl (C=O) groups excluding carboxylic acids is 1. The van der Waals surface area contributed by atoms with Crippen molar-refractivity contribution in [2.75, 3.05) is 13.1 Å². The van der Waals surface area contributed by atoms with Crippen LogP contribution in [0.25, 0.3) is 0 Å². The second-order valence-corrected chi connectivity index (χ2v) is 6.15. The zero-order chi connectivity index (χ0) is 13.8. The molecule has 1 amide bonds. The molecule has 0 radical (unpaired) electrons. The summed E-state index contributed by atoms with van der Waals surface area (Å²) in [5, 5.41) is 6.70. The first kappa shape index (κ1) is 13.6. The van der Waals surface area contributed by atoms with Gasteiger partial charge in [0.1, 0.15) is 0 Å². The minimum atomic E-state index is -0.324. The van der Waals surface area contributed by atoms with Crippen molar-refractivity contribution in [2.24, 2.45) is 0 Å². The van der Waals surface area contributed by atoms with Crippen molar-refractivity contribution < 1.29 is 4.79 Å². The number of benzene rings is 1. The molecule has 1 aromatic carbocycles. The van der Waals surface area contributed by atoms with Crippen LogP contribution in [0.4, 0.5) is 0 Å². The second-order valence-electron chi connectivity index (χ2n) is 6.15. The van der Waals surface area contributed by atoms with E-state index >= 15 is 0 Å². The standard InChI is InChI=1S/C17H24N2O/c20-16(19-15-8-4-5-9-15)17(10-12-18-13-11-17)14-6-2-1-3-7-14/h1-3,6-7,15,18H,4-5,8-13H2,(H,19,20). The fourth-order valence-electron chi connectivity index (χ4n) is 3.65. The molecule has 3 nitrogen and oxygen atoms in total. The molecule has 0 bridgehead atoms. The van der Waals surface area contributed by atoms with Crippen LogP contribution < -0.4 is 10.6 Å². The number of carbonyl (C=O) groups is 1. The van der Waals surface area contributed by atoms with E-state index in [1.54, 1.807) is 0 Å². The van der Waals surface area contributed by atoms with Crippen LogP contribution in [0.15, 0.2) is 30.3 Å². The monoisotopic (exact) mass is 272 g/mol. The molecule has 1 saturated carbocycles. The maximum Gasteiger partial charge on any atom is 0.230 e. The summed E-state index contributed by atoms with van der Waals surface area (Å²) < 4.78 is 0. The van der Waals surface area contributed by atoms with Gasteiger partial charge in [0.25, 0.3) is 0 Å². The lowest BCUT2D eigenvalue weighted by Gasteiger charge is -2.37. The fraction of sp³-hybridized carbons (Fsp3) is 0.588. The Balaban J connectivity index is 1.83. The molecule has 0 unspecified atom stereocenters. The van der Waals surface area contributed by atoms with Gasteiger partial charge in [-0.1, -0.05) is 43.2 Å². The van der Waals surface area contributed by atoms with Gasteiger partial charge < -0.3 is 10.6 Å². The summed E-state index contributed by atoms with van der Waals surface area (Å²) in [6.07, 6.45) is 6.60. The van der Waals surface area contributed by atoms with Crippen LogP contribution in [0.5, 0.6) is 0 Å². The molecule has 2 aliphatic rings. The molecule has 0 aromatic heterocycles. The van der Waals surface area contributed by atoms with Gasteiger partial charge in [-0.25, -0.2) is 0 Å². The molecule has 3 heteroatoms. The zero-order valence-electron chi connectivity index (χ0n) is 12.0. The molecule has 1 aromatic rings. The van der Waals surface area contributed by atoms with Crippen LogP contribution in [-0.4, -0.2) is 25.0 Å². The molecule has 0 atom stereocenters. The fourth-order valence-corrected chi connectivity index (χ4v) is 3.65. The molecule has 2 N–H and O–H groups in total. The lowest BCUT2D eigenvalue weighted by molar-refractivity contribution is -0.128. The molecule has 108 valence electrons. The molecule has 1 heterocycles. The van der Waals surface area contributed by atoms with Gasteiger partial charge >= 0.3 is 0 Å². The Kier molecular flexibility index (Phi) is 4.06. The average Bonchev–Trinajstić information content (AvgIpc) is 3.02. The molecule has 20 heavy (non-hydrogen) atoms. The Labute approximate surface area is 121 Å². The van der Waals surface area contributed by atoms with Crippen molar-refractivity contribution in [3.63, 3.8) is 0 Å². The first-order valence-corrected chi connectivity index (χ1v) is 7.88. The summed E-state index contributed by atoms with van der Waals surface area (Å²) in [6, 6.07) is 10.7. The van der Waals surface area contributed by atoms with Gasteiger partial charge in [0.2, 0.25) is 5.91 Å². The number of piperidine rings is 1. The van der Waals surface area contributed by atoms with Crippen molar-refractivity contribution in [3.8, 4) is 0 Å². The predicted octanol–water partition coefficient (Wildman–Crippen LogP) is 2.37. The zero-order valence-corrected chi connectivity index (χ0v) is 12.0. The van der Waals surface area contributed by atoms with Crippen LogP contribution in [0, 0.1) is 0 Å². The number of rotatable bonds is 3. The Hall–Kier alpha value is -1.35. The van der Waals surface area contributed by atoms with E-state index < -0.39 is 0 Å². The second kappa shape index (κ2) is 5.96. The lowest BCUT2D eigenvalue weighted by atomic mass is 9.72. The molecule has 1 aliphatic heterocycles. The number of nitrogens with one attached hydrogen (secondary N) is 2. The highest BCUT2D eigenvalue weighted by Gasteiger charge is 2.41. The third-order valence-electron chi connectivity index (χ3n) is 4.91. The van der Waals surface area contributed by atoms with Gasteiger partial charge in [-0.05, 0) is 44.3 Å². The minimum Gasteiger partial charge on any atom is -0.353 e. The topological polar surface area (TPSA) is 41.1 Å². The van der Waals surface area contributed by atoms with Crippen molar-refractivity contribution in [1.82, 2.24) is 10.6 Å². The number of hydrogen-bond donors (Lipinski definition) is 2. The van der Waals surface area contributed by atoms with Crippen molar-refractivity contribution in [3.05, 3.63) is 35.9 Å². The van der Waals surface area contributed by atoms with Crippen LogP contribution in [-0.2, 0) is 10.2 Å². The molecule has 3 rings (SSSR count). The Morgan fingerprint density at radius 3 is 2.40 bits per heavy atom. The van der Waals surface area contributed by atoms with Crippen LogP contribution in [0.3, 0.4) is 0 Å². The summed E-state index contributed by atoms with van der Waals surface area (Å²) >= 11 is 0. The van der Waals surface area contributed by atoms with Crippen LogP contribution >= 0.6 is 0 Å². The molecular formula is C17H24N2O. The van der Waals surface area contributed by atoms with Gasteiger partial charge in [-0.2, -0.15) is 0 Å². The number of amides is 1. The molecule has 0 spiro atoms. The maximum atomic E-state index is 12.9. The summed E-state index contributed by atoms with van der Waals surface area (Å²) in [4.78, 5) is 12.9. The summed E-state index contributed by atoms with van der Waals surface area (Å²) in [5.41, 5.74) is 0.853. The van der Waals surface area contributed by atoms with E-state index in [0.29, 0.717) is 6.04 Å². The van der Waals surface area contributed by atoms with E-state index in [9.17, 15) is 4.79 Å². The normalized spacial score (nSPS) is 22.6. The van der Waals surface area contributed by atoms with Crippen LogP contribution in [0.2, 0.25) is 0 Å². The SMILES string of the molecule is O=C(NC1CCCC1)C1(c2ccccc2)CCNCC1. The highest BCUT2D eigenvalue weighted by atomic mass is 16.2. The summed E-state index contributed by atoms with van der Waals surface area (Å²) in [5.74, 6) is 0.247. The van der Waals surface area contributed by atoms with Gasteiger partial charge in [-0.15, -0.1) is 0 Å². The Morgan fingerprint density at radius 2 is 1.75 bits per heavy atom. The highest BCUT2D eigenvalue weighted by molar-refractivity contribution is 5.88. The molecule has 1 aliphatic carbocycles. The van der Waals surface area contributed by atoms with E-state index in [4.69, 9.17) is 0 Å².